The van der Waals surface area contributed by atoms with Gasteiger partial charge in [0, 0.05) is 17.3 Å². The Bertz CT molecular complexity index is 1080. The van der Waals surface area contributed by atoms with E-state index in [-0.39, 0.29) is 18.0 Å². The minimum atomic E-state index is -0.139. The zero-order valence-electron chi connectivity index (χ0n) is 17.5. The highest BCUT2D eigenvalue weighted by atomic mass is 35.5. The van der Waals surface area contributed by atoms with Crippen LogP contribution in [0.1, 0.15) is 35.8 Å². The van der Waals surface area contributed by atoms with Crippen LogP contribution < -0.4 is 20.1 Å². The van der Waals surface area contributed by atoms with E-state index in [9.17, 15) is 5.11 Å². The molecule has 0 fully saturated rings. The molecule has 1 heterocycles. The van der Waals surface area contributed by atoms with E-state index in [1.165, 1.54) is 0 Å². The topological polar surface area (TPSA) is 67.3 Å². The highest BCUT2D eigenvalue weighted by Gasteiger charge is 2.31. The van der Waals surface area contributed by atoms with Crippen molar-refractivity contribution < 1.29 is 19.9 Å². The lowest BCUT2D eigenvalue weighted by atomic mass is 9.97. The zero-order chi connectivity index (χ0) is 21.8. The fourth-order valence-corrected chi connectivity index (χ4v) is 4.09. The molecule has 0 aliphatic carbocycles. The summed E-state index contributed by atoms with van der Waals surface area (Å²) >= 11 is 6.52. The summed E-state index contributed by atoms with van der Waals surface area (Å²) in [6.07, 6.45) is 1.98. The molecule has 160 valence electrons. The van der Waals surface area contributed by atoms with Gasteiger partial charge in [-0.2, -0.15) is 0 Å². The van der Waals surface area contributed by atoms with E-state index in [4.69, 9.17) is 21.1 Å². The summed E-state index contributed by atoms with van der Waals surface area (Å²) in [4.78, 5) is 0. The molecule has 1 aliphatic rings. The van der Waals surface area contributed by atoms with Gasteiger partial charge in [-0.25, -0.2) is 0 Å². The maximum absolute atomic E-state index is 10.9. The minimum Gasteiger partial charge on any atom is -0.504 e. The van der Waals surface area contributed by atoms with Gasteiger partial charge in [-0.15, -0.1) is 0 Å². The predicted molar refractivity (Wildman–Crippen MR) is 122 cm³/mol. The van der Waals surface area contributed by atoms with Gasteiger partial charge >= 0.3 is 0 Å². The molecular weight excluding hydrogens is 412 g/mol. The summed E-state index contributed by atoms with van der Waals surface area (Å²) in [5.41, 5.74) is 3.75. The second-order valence-corrected chi connectivity index (χ2v) is 7.70. The number of para-hydroxylation sites is 1. The second-order valence-electron chi connectivity index (χ2n) is 7.30. The van der Waals surface area contributed by atoms with Gasteiger partial charge in [0.05, 0.1) is 24.3 Å². The molecule has 3 aromatic carbocycles. The third-order valence-corrected chi connectivity index (χ3v) is 5.73. The molecule has 0 spiro atoms. The number of hydrogen-bond acceptors (Lipinski definition) is 4. The number of ether oxygens (including phenoxy) is 2. The smallest absolute Gasteiger partial charge is 0.188 e. The Kier molecular flexibility index (Phi) is 6.35. The Labute approximate surface area is 187 Å². The number of rotatable bonds is 6. The molecule has 31 heavy (non-hydrogen) atoms. The van der Waals surface area contributed by atoms with Crippen molar-refractivity contribution in [3.63, 3.8) is 0 Å². The van der Waals surface area contributed by atoms with Crippen LogP contribution in [0.3, 0.4) is 0 Å². The number of quaternary nitrogens is 1. The number of benzene rings is 3. The fraction of sp³-hybridized carbons (Fsp3) is 0.200. The first-order chi connectivity index (χ1) is 15.1. The Morgan fingerprint density at radius 3 is 2.45 bits per heavy atom. The number of methoxy groups -OCH3 is 1. The monoisotopic (exact) mass is 437 g/mol. The van der Waals surface area contributed by atoms with Crippen molar-refractivity contribution in [3.8, 4) is 17.2 Å². The second kappa shape index (κ2) is 9.33. The molecule has 1 aliphatic heterocycles. The highest BCUT2D eigenvalue weighted by Crippen LogP contribution is 2.36. The van der Waals surface area contributed by atoms with Gasteiger partial charge in [-0.3, -0.25) is 0 Å². The minimum absolute atomic E-state index is 0.129. The molecule has 3 aromatic rings. The van der Waals surface area contributed by atoms with Gasteiger partial charge < -0.3 is 25.2 Å². The normalized spacial score (nSPS) is 18.1. The van der Waals surface area contributed by atoms with Gasteiger partial charge in [0.15, 0.2) is 17.7 Å². The van der Waals surface area contributed by atoms with Crippen LogP contribution in [0.4, 0.5) is 0 Å². The Hall–Kier alpha value is -3.15. The molecule has 0 saturated heterocycles. The molecule has 2 unspecified atom stereocenters. The van der Waals surface area contributed by atoms with Gasteiger partial charge in [0.1, 0.15) is 11.8 Å². The molecule has 5 nitrogen and oxygen atoms in total. The fourth-order valence-electron chi connectivity index (χ4n) is 3.84. The van der Waals surface area contributed by atoms with Gasteiger partial charge in [0.2, 0.25) is 0 Å². The van der Waals surface area contributed by atoms with Crippen LogP contribution in [-0.2, 0) is 0 Å². The Morgan fingerprint density at radius 2 is 1.74 bits per heavy atom. The lowest BCUT2D eigenvalue weighted by Gasteiger charge is -2.30. The lowest BCUT2D eigenvalue weighted by molar-refractivity contribution is -0.731. The van der Waals surface area contributed by atoms with E-state index in [0.717, 1.165) is 28.1 Å². The summed E-state index contributed by atoms with van der Waals surface area (Å²) < 4.78 is 10.9. The molecule has 0 saturated carbocycles. The van der Waals surface area contributed by atoms with Crippen molar-refractivity contribution in [3.05, 3.63) is 94.5 Å². The number of phenolic OH excluding ortho intramolecular Hbond substituents is 1. The van der Waals surface area contributed by atoms with E-state index in [0.29, 0.717) is 17.4 Å². The number of hydrogen-bond donors (Lipinski definition) is 3. The summed E-state index contributed by atoms with van der Waals surface area (Å²) in [6, 6.07) is 21.2. The van der Waals surface area contributed by atoms with Gasteiger partial charge in [0.25, 0.3) is 0 Å². The van der Waals surface area contributed by atoms with Crippen LogP contribution in [0.15, 0.2) is 72.8 Å². The van der Waals surface area contributed by atoms with Crippen molar-refractivity contribution in [2.24, 2.45) is 0 Å². The lowest BCUT2D eigenvalue weighted by Crippen LogP contribution is -2.89. The van der Waals surface area contributed by atoms with Crippen molar-refractivity contribution in [2.75, 3.05) is 13.7 Å². The van der Waals surface area contributed by atoms with Crippen LogP contribution in [0.5, 0.6) is 17.2 Å². The van der Waals surface area contributed by atoms with Crippen LogP contribution in [0.2, 0.25) is 5.02 Å². The van der Waals surface area contributed by atoms with Crippen molar-refractivity contribution in [2.45, 2.75) is 19.1 Å². The van der Waals surface area contributed by atoms with E-state index in [1.54, 1.807) is 13.2 Å². The average Bonchev–Trinajstić information content (AvgIpc) is 2.80. The van der Waals surface area contributed by atoms with Crippen molar-refractivity contribution in [1.82, 2.24) is 5.32 Å². The Balaban J connectivity index is 1.77. The van der Waals surface area contributed by atoms with E-state index in [1.807, 2.05) is 67.6 Å². The maximum atomic E-state index is 10.9. The first-order valence-corrected chi connectivity index (χ1v) is 10.7. The van der Waals surface area contributed by atoms with Crippen LogP contribution in [0, 0.1) is 0 Å². The summed E-state index contributed by atoms with van der Waals surface area (Å²) in [7, 11) is 1.65. The molecule has 2 atom stereocenters. The first-order valence-electron chi connectivity index (χ1n) is 10.3. The van der Waals surface area contributed by atoms with Crippen molar-refractivity contribution >= 4 is 17.3 Å². The molecular formula is C25H26ClN2O3+. The standard InChI is InChI=1S/C25H25ClN2O3/c1-3-31-23-10-6-8-19(24(23)29)22-15-21(16-11-13-17(30-2)14-12-16)27-25(28-22)18-7-4-5-9-20(18)26/h4-15,22,25,27-29H,3H2,1-2H3/p+1. The highest BCUT2D eigenvalue weighted by molar-refractivity contribution is 6.31. The number of phenols is 1. The number of nitrogens with two attached hydrogens (primary N) is 1. The maximum Gasteiger partial charge on any atom is 0.188 e. The number of nitrogens with one attached hydrogen (secondary N) is 1. The largest absolute Gasteiger partial charge is 0.504 e. The molecule has 0 bridgehead atoms. The van der Waals surface area contributed by atoms with E-state index in [2.05, 4.69) is 16.7 Å². The molecule has 0 radical (unpaired) electrons. The molecule has 6 heteroatoms. The van der Waals surface area contributed by atoms with Crippen molar-refractivity contribution in [1.29, 1.82) is 0 Å². The Morgan fingerprint density at radius 1 is 1.00 bits per heavy atom. The first kappa shape index (κ1) is 21.1. The van der Waals surface area contributed by atoms with Crippen LogP contribution in [0.25, 0.3) is 5.70 Å². The molecule has 4 rings (SSSR count). The zero-order valence-corrected chi connectivity index (χ0v) is 18.3. The molecule has 0 amide bonds. The third-order valence-electron chi connectivity index (χ3n) is 5.39. The SMILES string of the molecule is CCOc1cccc(C2C=C(c3ccc(OC)cc3)NC(c3ccccc3Cl)[NH2+]2)c1O. The number of halogens is 1. The summed E-state index contributed by atoms with van der Waals surface area (Å²) in [5, 5.41) is 17.3. The van der Waals surface area contributed by atoms with Crippen LogP contribution >= 0.6 is 11.6 Å². The van der Waals surface area contributed by atoms with Crippen LogP contribution in [-0.4, -0.2) is 18.8 Å². The summed E-state index contributed by atoms with van der Waals surface area (Å²) in [5.74, 6) is 1.45. The molecule has 0 aromatic heterocycles. The van der Waals surface area contributed by atoms with E-state index >= 15 is 0 Å². The quantitative estimate of drug-likeness (QED) is 0.534. The predicted octanol–water partition coefficient (Wildman–Crippen LogP) is 4.40. The van der Waals surface area contributed by atoms with Gasteiger partial charge in [-0.05, 0) is 61.0 Å². The van der Waals surface area contributed by atoms with Gasteiger partial charge in [-0.1, -0.05) is 29.8 Å². The van der Waals surface area contributed by atoms with E-state index < -0.39 is 0 Å². The number of aromatic hydroxyl groups is 1. The summed E-state index contributed by atoms with van der Waals surface area (Å²) in [6.45, 7) is 2.39. The molecule has 4 N–H and O–H groups in total. The third kappa shape index (κ3) is 4.48. The average molecular weight is 438 g/mol.